The fraction of sp³-hybridized carbons (Fsp3) is 0.400. The van der Waals surface area contributed by atoms with Gasteiger partial charge in [0, 0.05) is 60.5 Å². The van der Waals surface area contributed by atoms with Crippen molar-refractivity contribution >= 4 is 51.0 Å². The van der Waals surface area contributed by atoms with Crippen LogP contribution in [0.5, 0.6) is 5.75 Å². The van der Waals surface area contributed by atoms with Crippen molar-refractivity contribution in [2.45, 2.75) is 70.4 Å². The summed E-state index contributed by atoms with van der Waals surface area (Å²) < 4.78 is 29.1. The molecule has 4 aromatic rings. The van der Waals surface area contributed by atoms with Gasteiger partial charge in [-0.3, -0.25) is 19.1 Å². The van der Waals surface area contributed by atoms with E-state index in [0.29, 0.717) is 50.5 Å². The molecule has 1 saturated carbocycles. The van der Waals surface area contributed by atoms with Crippen LogP contribution in [0.15, 0.2) is 86.0 Å². The van der Waals surface area contributed by atoms with Crippen molar-refractivity contribution in [2.75, 3.05) is 54.9 Å². The molecular weight excluding hydrogens is 739 g/mol. The second-order valence-corrected chi connectivity index (χ2v) is 16.2. The maximum Gasteiger partial charge on any atom is 0.263 e. The van der Waals surface area contributed by atoms with E-state index in [1.165, 1.54) is 18.1 Å². The van der Waals surface area contributed by atoms with Crippen LogP contribution in [0.1, 0.15) is 78.8 Å². The second kappa shape index (κ2) is 18.8. The monoisotopic (exact) mass is 791 g/mol. The summed E-state index contributed by atoms with van der Waals surface area (Å²) in [4.78, 5) is 43.6. The number of rotatable bonds is 16. The molecule has 1 unspecified atom stereocenters. The molecule has 0 bridgehead atoms. The van der Waals surface area contributed by atoms with Crippen LogP contribution in [0.2, 0.25) is 0 Å². The molecule has 2 aliphatic heterocycles. The molecule has 1 aromatic heterocycles. The third-order valence-electron chi connectivity index (χ3n) is 11.1. The number of hydrogen-bond acceptors (Lipinski definition) is 7. The number of morpholine rings is 1. The van der Waals surface area contributed by atoms with Gasteiger partial charge in [0.1, 0.15) is 29.9 Å². The van der Waals surface area contributed by atoms with E-state index in [1.807, 2.05) is 39.8 Å². The SMILES string of the molecule is C=CCCNC(=O)Cn1c(-c2ccc(OCc3cc(N4CCCC4=O)ccc3N3CCOCC3)cc2)c(C2CCCCC2)c2ccc(C(=O)NS(=O)CC=C)cc21. The van der Waals surface area contributed by atoms with Crippen LogP contribution in [0.3, 0.4) is 0 Å². The number of benzene rings is 3. The Morgan fingerprint density at radius 1 is 0.930 bits per heavy atom. The largest absolute Gasteiger partial charge is 0.489 e. The van der Waals surface area contributed by atoms with Crippen LogP contribution in [0, 0.1) is 0 Å². The van der Waals surface area contributed by atoms with Crippen LogP contribution in [-0.4, -0.2) is 71.6 Å². The average Bonchev–Trinajstić information content (AvgIpc) is 3.81. The summed E-state index contributed by atoms with van der Waals surface area (Å²) in [6, 6.07) is 19.9. The second-order valence-electron chi connectivity index (χ2n) is 14.9. The molecular formula is C45H53N5O6S. The third-order valence-corrected chi connectivity index (χ3v) is 12.1. The van der Waals surface area contributed by atoms with E-state index < -0.39 is 16.9 Å². The zero-order valence-electron chi connectivity index (χ0n) is 32.6. The Bertz CT molecular complexity index is 2130. The van der Waals surface area contributed by atoms with Crippen LogP contribution in [0.25, 0.3) is 22.2 Å². The summed E-state index contributed by atoms with van der Waals surface area (Å²) in [5, 5.41) is 4.03. The van der Waals surface area contributed by atoms with E-state index in [0.717, 1.165) is 90.8 Å². The minimum absolute atomic E-state index is 0.0571. The molecule has 0 spiro atoms. The van der Waals surface area contributed by atoms with Crippen LogP contribution < -0.4 is 24.6 Å². The molecule has 11 nitrogen and oxygen atoms in total. The van der Waals surface area contributed by atoms with E-state index in [1.54, 1.807) is 12.1 Å². The molecule has 0 radical (unpaired) electrons. The van der Waals surface area contributed by atoms with Crippen molar-refractivity contribution in [3.05, 3.63) is 103 Å². The van der Waals surface area contributed by atoms with Crippen molar-refractivity contribution in [2.24, 2.45) is 0 Å². The van der Waals surface area contributed by atoms with E-state index in [-0.39, 0.29) is 30.0 Å². The highest BCUT2D eigenvalue weighted by molar-refractivity contribution is 7.83. The third kappa shape index (κ3) is 9.34. The predicted octanol–water partition coefficient (Wildman–Crippen LogP) is 7.17. The Morgan fingerprint density at radius 3 is 2.44 bits per heavy atom. The topological polar surface area (TPSA) is 122 Å². The first kappa shape index (κ1) is 40.0. The molecule has 57 heavy (non-hydrogen) atoms. The molecule has 1 aliphatic carbocycles. The van der Waals surface area contributed by atoms with Gasteiger partial charge < -0.3 is 29.2 Å². The molecule has 3 aromatic carbocycles. The number of nitrogens with one attached hydrogen (secondary N) is 2. The number of carbonyl (C=O) groups excluding carboxylic acids is 3. The van der Waals surface area contributed by atoms with Gasteiger partial charge >= 0.3 is 0 Å². The summed E-state index contributed by atoms with van der Waals surface area (Å²) in [5.41, 5.74) is 7.21. The summed E-state index contributed by atoms with van der Waals surface area (Å²) in [7, 11) is -1.59. The Hall–Kier alpha value is -5.20. The van der Waals surface area contributed by atoms with Crippen LogP contribution >= 0.6 is 0 Å². The van der Waals surface area contributed by atoms with Crippen molar-refractivity contribution < 1.29 is 28.1 Å². The molecule has 2 saturated heterocycles. The standard InChI is InChI=1S/C45H53N5O6S/c1-3-5-21-46-41(51)30-50-40-29-34(45(53)47-57(54)27-4-2)15-19-38(40)43(32-10-7-6-8-11-32)44(50)33-13-17-37(18-14-33)56-31-35-28-36(49-22-9-12-42(49)52)16-20-39(35)48-23-25-55-26-24-48/h3-4,13-20,28-29,32H,1-2,5-12,21-27,30-31H2,(H,46,51)(H,47,53). The first-order valence-electron chi connectivity index (χ1n) is 20.2. The van der Waals surface area contributed by atoms with Crippen molar-refractivity contribution in [3.63, 3.8) is 0 Å². The average molecular weight is 792 g/mol. The van der Waals surface area contributed by atoms with Crippen molar-refractivity contribution in [1.29, 1.82) is 0 Å². The Balaban J connectivity index is 1.24. The van der Waals surface area contributed by atoms with Gasteiger partial charge in [-0.2, -0.15) is 0 Å². The first-order chi connectivity index (χ1) is 27.8. The molecule has 3 amide bonds. The molecule has 2 N–H and O–H groups in total. The van der Waals surface area contributed by atoms with Gasteiger partial charge in [-0.15, -0.1) is 13.2 Å². The van der Waals surface area contributed by atoms with Gasteiger partial charge in [-0.1, -0.05) is 37.5 Å². The Kier molecular flexibility index (Phi) is 13.2. The van der Waals surface area contributed by atoms with Gasteiger partial charge in [-0.05, 0) is 97.3 Å². The smallest absolute Gasteiger partial charge is 0.263 e. The van der Waals surface area contributed by atoms with E-state index in [9.17, 15) is 18.6 Å². The maximum atomic E-state index is 13.5. The number of ether oxygens (including phenoxy) is 2. The van der Waals surface area contributed by atoms with Crippen LogP contribution in [0.4, 0.5) is 11.4 Å². The highest BCUT2D eigenvalue weighted by atomic mass is 32.2. The zero-order chi connectivity index (χ0) is 39.7. The first-order valence-corrected chi connectivity index (χ1v) is 21.5. The fourth-order valence-corrected chi connectivity index (χ4v) is 9.00. The predicted molar refractivity (Wildman–Crippen MR) is 227 cm³/mol. The van der Waals surface area contributed by atoms with Gasteiger partial charge in [0.15, 0.2) is 0 Å². The highest BCUT2D eigenvalue weighted by Crippen LogP contribution is 2.44. The Morgan fingerprint density at radius 2 is 1.72 bits per heavy atom. The minimum atomic E-state index is -1.59. The molecule has 300 valence electrons. The number of anilines is 2. The number of amides is 3. The summed E-state index contributed by atoms with van der Waals surface area (Å²) in [6.07, 6.45) is 10.9. The summed E-state index contributed by atoms with van der Waals surface area (Å²) >= 11 is 0. The molecule has 1 atom stereocenters. The van der Waals surface area contributed by atoms with E-state index >= 15 is 0 Å². The number of aromatic nitrogens is 1. The van der Waals surface area contributed by atoms with Gasteiger partial charge in [0.25, 0.3) is 5.91 Å². The fourth-order valence-electron chi connectivity index (χ4n) is 8.38. The lowest BCUT2D eigenvalue weighted by Crippen LogP contribution is -2.37. The number of hydrogen-bond donors (Lipinski definition) is 2. The lowest BCUT2D eigenvalue weighted by Gasteiger charge is -2.31. The minimum Gasteiger partial charge on any atom is -0.489 e. The van der Waals surface area contributed by atoms with E-state index in [2.05, 4.69) is 52.4 Å². The molecule has 3 aliphatic rings. The maximum absolute atomic E-state index is 13.5. The van der Waals surface area contributed by atoms with Crippen LogP contribution in [-0.2, 0) is 38.5 Å². The van der Waals surface area contributed by atoms with Gasteiger partial charge in [-0.25, -0.2) is 4.21 Å². The number of carbonyl (C=O) groups is 3. The van der Waals surface area contributed by atoms with E-state index in [4.69, 9.17) is 9.47 Å². The van der Waals surface area contributed by atoms with Crippen molar-refractivity contribution in [3.8, 4) is 17.0 Å². The van der Waals surface area contributed by atoms with Gasteiger partial charge in [0.2, 0.25) is 11.8 Å². The van der Waals surface area contributed by atoms with Crippen molar-refractivity contribution in [1.82, 2.24) is 14.6 Å². The molecule has 3 fully saturated rings. The molecule has 12 heteroatoms. The quantitative estimate of drug-likeness (QED) is 0.0912. The zero-order valence-corrected chi connectivity index (χ0v) is 33.5. The number of nitrogens with zero attached hydrogens (tertiary/aromatic N) is 3. The highest BCUT2D eigenvalue weighted by Gasteiger charge is 2.29. The molecule has 3 heterocycles. The summed E-state index contributed by atoms with van der Waals surface area (Å²) in [5.74, 6) is 0.690. The summed E-state index contributed by atoms with van der Waals surface area (Å²) in [6.45, 7) is 11.9. The molecule has 7 rings (SSSR count). The lowest BCUT2D eigenvalue weighted by molar-refractivity contribution is -0.121. The normalized spacial score (nSPS) is 16.7. The Labute approximate surface area is 337 Å². The number of fused-ring (bicyclic) bond motifs is 1. The van der Waals surface area contributed by atoms with Gasteiger partial charge in [0.05, 0.1) is 30.2 Å². The lowest BCUT2D eigenvalue weighted by atomic mass is 9.81.